The molecule has 13 heteroatoms. The van der Waals surface area contributed by atoms with Crippen LogP contribution in [0.2, 0.25) is 0 Å². The molecule has 0 radical (unpaired) electrons. The van der Waals surface area contributed by atoms with Gasteiger partial charge < -0.3 is 20.7 Å². The maximum Gasteiger partial charge on any atom is 0.407 e. The van der Waals surface area contributed by atoms with Crippen molar-refractivity contribution < 1.29 is 37.9 Å². The van der Waals surface area contributed by atoms with E-state index in [2.05, 4.69) is 21.3 Å². The van der Waals surface area contributed by atoms with Gasteiger partial charge in [-0.1, -0.05) is 12.1 Å². The summed E-state index contributed by atoms with van der Waals surface area (Å²) in [5.41, 5.74) is 0.403. The van der Waals surface area contributed by atoms with E-state index in [9.17, 15) is 33.2 Å². The van der Waals surface area contributed by atoms with Crippen molar-refractivity contribution in [2.45, 2.75) is 58.3 Å². The molecule has 0 aliphatic carbocycles. The second kappa shape index (κ2) is 11.1. The van der Waals surface area contributed by atoms with E-state index in [-0.39, 0.29) is 48.3 Å². The zero-order valence-corrected chi connectivity index (χ0v) is 22.1. The number of amides is 7. The molecule has 2 aromatic rings. The number of anilines is 1. The van der Waals surface area contributed by atoms with Gasteiger partial charge in [-0.05, 0) is 57.0 Å². The van der Waals surface area contributed by atoms with Gasteiger partial charge in [0.2, 0.25) is 11.8 Å². The van der Waals surface area contributed by atoms with Crippen molar-refractivity contribution >= 4 is 41.4 Å². The van der Waals surface area contributed by atoms with Gasteiger partial charge in [-0.25, -0.2) is 14.0 Å². The Hall–Kier alpha value is -4.81. The number of fused-ring (bicyclic) bond motifs is 1. The van der Waals surface area contributed by atoms with Gasteiger partial charge in [-0.2, -0.15) is 0 Å². The van der Waals surface area contributed by atoms with E-state index in [4.69, 9.17) is 4.74 Å². The molecule has 0 aromatic heterocycles. The number of hydrogen-bond donors (Lipinski definition) is 4. The van der Waals surface area contributed by atoms with Gasteiger partial charge in [0, 0.05) is 30.8 Å². The lowest BCUT2D eigenvalue weighted by Gasteiger charge is -2.27. The van der Waals surface area contributed by atoms with Gasteiger partial charge in [0.25, 0.3) is 11.8 Å². The van der Waals surface area contributed by atoms with Crippen LogP contribution in [0.4, 0.5) is 19.7 Å². The van der Waals surface area contributed by atoms with Gasteiger partial charge in [0.15, 0.2) is 0 Å². The summed E-state index contributed by atoms with van der Waals surface area (Å²) in [5.74, 6) is -3.08. The summed E-state index contributed by atoms with van der Waals surface area (Å²) in [5, 5.41) is 9.69. The number of halogens is 1. The van der Waals surface area contributed by atoms with Gasteiger partial charge in [0.05, 0.1) is 11.1 Å². The summed E-state index contributed by atoms with van der Waals surface area (Å²) < 4.78 is 19.6. The monoisotopic (exact) mass is 553 g/mol. The van der Waals surface area contributed by atoms with Crippen molar-refractivity contribution in [3.05, 3.63) is 64.5 Å². The van der Waals surface area contributed by atoms with Crippen LogP contribution in [0.3, 0.4) is 0 Å². The van der Waals surface area contributed by atoms with E-state index in [0.29, 0.717) is 5.56 Å². The molecule has 2 aromatic carbocycles. The van der Waals surface area contributed by atoms with Crippen LogP contribution in [0.25, 0.3) is 0 Å². The first-order valence-corrected chi connectivity index (χ1v) is 12.5. The molecular formula is C27H28FN5O7. The smallest absolute Gasteiger partial charge is 0.407 e. The van der Waals surface area contributed by atoms with Gasteiger partial charge >= 0.3 is 12.1 Å². The van der Waals surface area contributed by atoms with E-state index in [1.165, 1.54) is 24.3 Å². The number of hydrogen-bond acceptors (Lipinski definition) is 7. The maximum atomic E-state index is 14.5. The van der Waals surface area contributed by atoms with Crippen LogP contribution < -0.4 is 21.3 Å². The molecule has 0 saturated carbocycles. The summed E-state index contributed by atoms with van der Waals surface area (Å²) in [6.45, 7) is 5.01. The number of carbonyl (C=O) groups excluding carboxylic acids is 6. The van der Waals surface area contributed by atoms with Crippen LogP contribution >= 0.6 is 0 Å². The van der Waals surface area contributed by atoms with E-state index >= 15 is 0 Å². The van der Waals surface area contributed by atoms with E-state index in [1.807, 2.05) is 0 Å². The van der Waals surface area contributed by atoms with Crippen LogP contribution in [0.1, 0.15) is 65.5 Å². The Kier molecular flexibility index (Phi) is 7.84. The molecule has 40 heavy (non-hydrogen) atoms. The molecule has 12 nitrogen and oxygen atoms in total. The summed E-state index contributed by atoms with van der Waals surface area (Å²) in [7, 11) is 0. The lowest BCUT2D eigenvalue weighted by Crippen LogP contribution is -2.54. The molecule has 1 atom stereocenters. The molecule has 7 amide bonds. The number of alkyl carbamates (subject to hydrolysis) is 1. The van der Waals surface area contributed by atoms with Crippen molar-refractivity contribution in [2.75, 3.05) is 5.32 Å². The number of nitrogens with zero attached hydrogens (tertiary/aromatic N) is 1. The molecular weight excluding hydrogens is 525 g/mol. The molecule has 210 valence electrons. The number of urea groups is 1. The first-order valence-electron chi connectivity index (χ1n) is 12.5. The zero-order valence-electron chi connectivity index (χ0n) is 22.1. The third-order valence-electron chi connectivity index (χ3n) is 6.09. The second-order valence-electron chi connectivity index (χ2n) is 10.3. The average molecular weight is 554 g/mol. The highest BCUT2D eigenvalue weighted by atomic mass is 19.1. The number of carbonyl (C=O) groups is 6. The van der Waals surface area contributed by atoms with Crippen molar-refractivity contribution in [3.8, 4) is 0 Å². The van der Waals surface area contributed by atoms with Crippen LogP contribution in [-0.4, -0.2) is 52.3 Å². The molecule has 2 aliphatic heterocycles. The minimum absolute atomic E-state index is 0.0145. The average Bonchev–Trinajstić information content (AvgIpc) is 3.10. The van der Waals surface area contributed by atoms with Crippen molar-refractivity contribution in [1.82, 2.24) is 20.9 Å². The standard InChI is InChI=1S/C27H28FN5O7/c1-27(2,3)40-26(39)30-13-15-5-6-16(11-19(15)28)31-25(38)29-12-14-4-7-17-18(10-14)24(37)33(23(17)36)20-8-9-21(34)32-22(20)35/h4-7,10-11,20H,8-9,12-13H2,1-3H3,(H,30,39)(H2,29,31,38)(H,32,34,35). The highest BCUT2D eigenvalue weighted by Gasteiger charge is 2.44. The Morgan fingerprint density at radius 3 is 2.40 bits per heavy atom. The highest BCUT2D eigenvalue weighted by Crippen LogP contribution is 2.28. The first kappa shape index (κ1) is 28.2. The van der Waals surface area contributed by atoms with Gasteiger partial charge in [0.1, 0.15) is 17.5 Å². The largest absolute Gasteiger partial charge is 0.444 e. The lowest BCUT2D eigenvalue weighted by molar-refractivity contribution is -0.136. The fourth-order valence-corrected chi connectivity index (χ4v) is 4.24. The molecule has 4 N–H and O–H groups in total. The van der Waals surface area contributed by atoms with Gasteiger partial charge in [-0.15, -0.1) is 0 Å². The third kappa shape index (κ3) is 6.42. The molecule has 2 aliphatic rings. The van der Waals surface area contributed by atoms with E-state index < -0.39 is 53.2 Å². The Morgan fingerprint density at radius 1 is 1.00 bits per heavy atom. The molecule has 0 bridgehead atoms. The topological polar surface area (TPSA) is 163 Å². The lowest BCUT2D eigenvalue weighted by atomic mass is 10.0. The number of piperidine rings is 1. The number of nitrogens with one attached hydrogen (secondary N) is 4. The predicted molar refractivity (Wildman–Crippen MR) is 138 cm³/mol. The van der Waals surface area contributed by atoms with Crippen LogP contribution in [0.15, 0.2) is 36.4 Å². The number of rotatable bonds is 6. The molecule has 2 heterocycles. The van der Waals surface area contributed by atoms with Gasteiger partial charge in [-0.3, -0.25) is 29.4 Å². The summed E-state index contributed by atoms with van der Waals surface area (Å²) in [6.07, 6.45) is -0.620. The maximum absolute atomic E-state index is 14.5. The molecule has 4 rings (SSSR count). The quantitative estimate of drug-likeness (QED) is 0.400. The van der Waals surface area contributed by atoms with Crippen molar-refractivity contribution in [3.63, 3.8) is 0 Å². The summed E-state index contributed by atoms with van der Waals surface area (Å²) >= 11 is 0. The SMILES string of the molecule is CC(C)(C)OC(=O)NCc1ccc(NC(=O)NCc2ccc3c(c2)C(=O)N(C2CCC(=O)NC2=O)C3=O)cc1F. The zero-order chi connectivity index (χ0) is 29.2. The Bertz CT molecular complexity index is 1420. The molecule has 1 saturated heterocycles. The Balaban J connectivity index is 1.32. The molecule has 1 fully saturated rings. The highest BCUT2D eigenvalue weighted by molar-refractivity contribution is 6.23. The Morgan fingerprint density at radius 2 is 1.73 bits per heavy atom. The fraction of sp³-hybridized carbons (Fsp3) is 0.333. The molecule has 1 unspecified atom stereocenters. The van der Waals surface area contributed by atoms with Crippen LogP contribution in [-0.2, 0) is 27.4 Å². The third-order valence-corrected chi connectivity index (χ3v) is 6.09. The molecule has 0 spiro atoms. The van der Waals surface area contributed by atoms with Crippen molar-refractivity contribution in [2.24, 2.45) is 0 Å². The predicted octanol–water partition coefficient (Wildman–Crippen LogP) is 2.57. The van der Waals surface area contributed by atoms with Crippen LogP contribution in [0, 0.1) is 5.82 Å². The number of benzene rings is 2. The fourth-order valence-electron chi connectivity index (χ4n) is 4.24. The first-order chi connectivity index (χ1) is 18.8. The van der Waals surface area contributed by atoms with Crippen LogP contribution in [0.5, 0.6) is 0 Å². The van der Waals surface area contributed by atoms with E-state index in [1.54, 1.807) is 26.8 Å². The van der Waals surface area contributed by atoms with Crippen molar-refractivity contribution in [1.29, 1.82) is 0 Å². The summed E-state index contributed by atoms with van der Waals surface area (Å²) in [6, 6.07) is 6.73. The second-order valence-corrected chi connectivity index (χ2v) is 10.3. The summed E-state index contributed by atoms with van der Waals surface area (Å²) in [4.78, 5) is 74.4. The number of ether oxygens (including phenoxy) is 1. The normalized spacial score (nSPS) is 16.8. The number of imide groups is 2. The minimum Gasteiger partial charge on any atom is -0.444 e. The van der Waals surface area contributed by atoms with E-state index in [0.717, 1.165) is 11.0 Å². The Labute approximate surface area is 228 Å². The minimum atomic E-state index is -1.07.